The standard InChI is InChI=1S/C15H18N2O3S/c18-14(10-7-8-1-2-11(10)16-8)17-5-3-12-9(4-6-21-12)13(17)15(19)20/h4,6,8,10-11,13,16H,1-3,5,7H2,(H,19,20). The maximum absolute atomic E-state index is 12.9. The van der Waals surface area contributed by atoms with Crippen molar-refractivity contribution in [1.29, 1.82) is 0 Å². The number of amides is 1. The molecule has 4 unspecified atom stereocenters. The van der Waals surface area contributed by atoms with Crippen molar-refractivity contribution in [3.8, 4) is 0 Å². The summed E-state index contributed by atoms with van der Waals surface area (Å²) in [6.07, 6.45) is 3.82. The van der Waals surface area contributed by atoms with E-state index < -0.39 is 12.0 Å². The highest BCUT2D eigenvalue weighted by Crippen LogP contribution is 2.39. The highest BCUT2D eigenvalue weighted by molar-refractivity contribution is 7.10. The van der Waals surface area contributed by atoms with Gasteiger partial charge in [0.25, 0.3) is 0 Å². The molecule has 1 aromatic heterocycles. The summed E-state index contributed by atoms with van der Waals surface area (Å²) in [5, 5.41) is 15.0. The summed E-state index contributed by atoms with van der Waals surface area (Å²) in [7, 11) is 0. The lowest BCUT2D eigenvalue weighted by Crippen LogP contribution is -2.47. The Kier molecular flexibility index (Phi) is 3.04. The first kappa shape index (κ1) is 13.3. The first-order valence-electron chi connectivity index (χ1n) is 7.50. The Bertz CT molecular complexity index is 599. The monoisotopic (exact) mass is 306 g/mol. The Morgan fingerprint density at radius 1 is 1.38 bits per heavy atom. The smallest absolute Gasteiger partial charge is 0.331 e. The van der Waals surface area contributed by atoms with E-state index in [-0.39, 0.29) is 17.9 Å². The molecule has 4 atom stereocenters. The van der Waals surface area contributed by atoms with E-state index in [0.29, 0.717) is 12.6 Å². The van der Waals surface area contributed by atoms with Gasteiger partial charge in [0.15, 0.2) is 6.04 Å². The molecule has 21 heavy (non-hydrogen) atoms. The zero-order valence-corrected chi connectivity index (χ0v) is 12.4. The zero-order chi connectivity index (χ0) is 14.6. The van der Waals surface area contributed by atoms with Gasteiger partial charge >= 0.3 is 5.97 Å². The van der Waals surface area contributed by atoms with Crippen molar-refractivity contribution in [1.82, 2.24) is 10.2 Å². The predicted octanol–water partition coefficient (Wildman–Crippen LogP) is 1.40. The molecule has 2 bridgehead atoms. The van der Waals surface area contributed by atoms with Crippen LogP contribution in [0.25, 0.3) is 0 Å². The average Bonchev–Trinajstić information content (AvgIpc) is 3.20. The molecule has 1 amide bonds. The molecular weight excluding hydrogens is 288 g/mol. The fraction of sp³-hybridized carbons (Fsp3) is 0.600. The molecule has 4 rings (SSSR count). The molecular formula is C15H18N2O3S. The van der Waals surface area contributed by atoms with Crippen molar-refractivity contribution >= 4 is 23.2 Å². The van der Waals surface area contributed by atoms with Gasteiger partial charge in [-0.2, -0.15) is 0 Å². The van der Waals surface area contributed by atoms with Gasteiger partial charge in [-0.15, -0.1) is 11.3 Å². The van der Waals surface area contributed by atoms with Crippen LogP contribution in [0, 0.1) is 5.92 Å². The van der Waals surface area contributed by atoms with Crippen LogP contribution in [0.4, 0.5) is 0 Å². The molecule has 0 spiro atoms. The highest BCUT2D eigenvalue weighted by Gasteiger charge is 2.47. The Morgan fingerprint density at radius 2 is 2.24 bits per heavy atom. The summed E-state index contributed by atoms with van der Waals surface area (Å²) < 4.78 is 0. The van der Waals surface area contributed by atoms with E-state index in [2.05, 4.69) is 5.32 Å². The van der Waals surface area contributed by atoms with Crippen molar-refractivity contribution in [2.24, 2.45) is 5.92 Å². The van der Waals surface area contributed by atoms with Gasteiger partial charge in [-0.3, -0.25) is 4.79 Å². The highest BCUT2D eigenvalue weighted by atomic mass is 32.1. The SMILES string of the molecule is O=C(O)C1c2ccsc2CCN1C(=O)C1CC2CCC1N2. The fourth-order valence-electron chi connectivity index (χ4n) is 4.13. The van der Waals surface area contributed by atoms with Gasteiger partial charge in [-0.1, -0.05) is 0 Å². The average molecular weight is 306 g/mol. The third kappa shape index (κ3) is 2.00. The van der Waals surface area contributed by atoms with Gasteiger partial charge in [-0.25, -0.2) is 4.79 Å². The number of nitrogens with one attached hydrogen (secondary N) is 1. The third-order valence-corrected chi connectivity index (χ3v) is 6.10. The second-order valence-corrected chi connectivity index (χ2v) is 7.21. The van der Waals surface area contributed by atoms with Gasteiger partial charge in [0, 0.05) is 23.5 Å². The summed E-state index contributed by atoms with van der Waals surface area (Å²) >= 11 is 1.59. The summed E-state index contributed by atoms with van der Waals surface area (Å²) in [6.45, 7) is 0.525. The Hall–Kier alpha value is -1.40. The molecule has 1 aromatic rings. The minimum atomic E-state index is -0.918. The second-order valence-electron chi connectivity index (χ2n) is 6.21. The fourth-order valence-corrected chi connectivity index (χ4v) is 5.03. The third-order valence-electron chi connectivity index (χ3n) is 5.10. The minimum absolute atomic E-state index is 0.0268. The Labute approximate surface area is 126 Å². The second kappa shape index (κ2) is 4.81. The maximum Gasteiger partial charge on any atom is 0.331 e. The number of rotatable bonds is 2. The van der Waals surface area contributed by atoms with Gasteiger partial charge in [-0.05, 0) is 42.7 Å². The van der Waals surface area contributed by atoms with Gasteiger partial charge in [0.2, 0.25) is 5.91 Å². The molecule has 0 aromatic carbocycles. The number of carboxylic acid groups (broad SMARTS) is 1. The molecule has 6 heteroatoms. The van der Waals surface area contributed by atoms with Crippen LogP contribution >= 0.6 is 11.3 Å². The lowest BCUT2D eigenvalue weighted by molar-refractivity contribution is -0.153. The lowest BCUT2D eigenvalue weighted by atomic mass is 9.87. The number of hydrogen-bond acceptors (Lipinski definition) is 4. The van der Waals surface area contributed by atoms with Crippen LogP contribution < -0.4 is 5.32 Å². The van der Waals surface area contributed by atoms with Crippen LogP contribution in [-0.2, 0) is 16.0 Å². The minimum Gasteiger partial charge on any atom is -0.479 e. The Balaban J connectivity index is 1.62. The van der Waals surface area contributed by atoms with Crippen LogP contribution in [0.5, 0.6) is 0 Å². The number of thiophene rings is 1. The van der Waals surface area contributed by atoms with E-state index in [1.54, 1.807) is 16.2 Å². The van der Waals surface area contributed by atoms with E-state index >= 15 is 0 Å². The van der Waals surface area contributed by atoms with Crippen molar-refractivity contribution < 1.29 is 14.7 Å². The van der Waals surface area contributed by atoms with E-state index in [9.17, 15) is 14.7 Å². The Morgan fingerprint density at radius 3 is 2.90 bits per heavy atom. The quantitative estimate of drug-likeness (QED) is 0.866. The topological polar surface area (TPSA) is 69.6 Å². The van der Waals surface area contributed by atoms with Gasteiger partial charge < -0.3 is 15.3 Å². The first-order valence-corrected chi connectivity index (χ1v) is 8.38. The summed E-state index contributed by atoms with van der Waals surface area (Å²) in [6, 6.07) is 1.76. The van der Waals surface area contributed by atoms with Gasteiger partial charge in [0.05, 0.1) is 5.92 Å². The zero-order valence-electron chi connectivity index (χ0n) is 11.6. The van der Waals surface area contributed by atoms with E-state index in [4.69, 9.17) is 0 Å². The van der Waals surface area contributed by atoms with Crippen molar-refractivity contribution in [3.05, 3.63) is 21.9 Å². The molecule has 3 aliphatic heterocycles. The molecule has 4 heterocycles. The normalized spacial score (nSPS) is 34.0. The molecule has 2 N–H and O–H groups in total. The van der Waals surface area contributed by atoms with Crippen molar-refractivity contribution in [2.75, 3.05) is 6.54 Å². The summed E-state index contributed by atoms with van der Waals surface area (Å²) in [4.78, 5) is 27.3. The van der Waals surface area contributed by atoms with E-state index in [1.807, 2.05) is 11.4 Å². The molecule has 2 fully saturated rings. The van der Waals surface area contributed by atoms with Crippen LogP contribution in [0.3, 0.4) is 0 Å². The molecule has 0 radical (unpaired) electrons. The number of carbonyl (C=O) groups excluding carboxylic acids is 1. The largest absolute Gasteiger partial charge is 0.479 e. The summed E-state index contributed by atoms with van der Waals surface area (Å²) in [5.74, 6) is -0.927. The van der Waals surface area contributed by atoms with Crippen LogP contribution in [-0.4, -0.2) is 40.5 Å². The first-order chi connectivity index (χ1) is 10.1. The lowest BCUT2D eigenvalue weighted by Gasteiger charge is -2.36. The number of carboxylic acids is 1. The predicted molar refractivity (Wildman–Crippen MR) is 78.2 cm³/mol. The number of nitrogens with zero attached hydrogens (tertiary/aromatic N) is 1. The maximum atomic E-state index is 12.9. The summed E-state index contributed by atoms with van der Waals surface area (Å²) in [5.41, 5.74) is 0.809. The molecule has 0 saturated carbocycles. The number of aliphatic carboxylic acids is 1. The van der Waals surface area contributed by atoms with Crippen molar-refractivity contribution in [2.45, 2.75) is 43.8 Å². The molecule has 3 aliphatic rings. The van der Waals surface area contributed by atoms with E-state index in [1.165, 1.54) is 0 Å². The van der Waals surface area contributed by atoms with E-state index in [0.717, 1.165) is 36.1 Å². The number of fused-ring (bicyclic) bond motifs is 3. The molecule has 5 nitrogen and oxygen atoms in total. The van der Waals surface area contributed by atoms with Crippen LogP contribution in [0.2, 0.25) is 0 Å². The van der Waals surface area contributed by atoms with Crippen LogP contribution in [0.15, 0.2) is 11.4 Å². The number of carbonyl (C=O) groups is 2. The number of hydrogen-bond donors (Lipinski definition) is 2. The van der Waals surface area contributed by atoms with Gasteiger partial charge in [0.1, 0.15) is 0 Å². The van der Waals surface area contributed by atoms with Crippen molar-refractivity contribution in [3.63, 3.8) is 0 Å². The molecule has 0 aliphatic carbocycles. The van der Waals surface area contributed by atoms with Crippen LogP contribution in [0.1, 0.15) is 35.7 Å². The molecule has 112 valence electrons. The molecule has 2 saturated heterocycles.